The smallest absolute Gasteiger partial charge is 0.124 e. The lowest BCUT2D eigenvalue weighted by Gasteiger charge is -2.13. The van der Waals surface area contributed by atoms with Gasteiger partial charge in [0.15, 0.2) is 0 Å². The van der Waals surface area contributed by atoms with Crippen molar-refractivity contribution < 1.29 is 0 Å². The number of nitrogens with zero attached hydrogens (tertiary/aromatic N) is 3. The number of aryl methyl sites for hydroxylation is 1. The summed E-state index contributed by atoms with van der Waals surface area (Å²) in [6.07, 6.45) is 3.04. The molecule has 1 saturated heterocycles. The molecule has 1 unspecified atom stereocenters. The molecule has 4 heteroatoms. The number of rotatable bonds is 2. The molecule has 0 radical (unpaired) electrons. The second-order valence-electron chi connectivity index (χ2n) is 3.73. The number of likely N-dealkylation sites (N-methyl/N-ethyl adjacent to an activating group) is 1. The molecule has 72 valence electrons. The highest BCUT2D eigenvalue weighted by atomic mass is 15.3. The van der Waals surface area contributed by atoms with Crippen LogP contribution >= 0.6 is 0 Å². The van der Waals surface area contributed by atoms with Crippen LogP contribution in [0.4, 0.5) is 5.82 Å². The van der Waals surface area contributed by atoms with Gasteiger partial charge in [-0.05, 0) is 20.0 Å². The van der Waals surface area contributed by atoms with E-state index in [0.717, 1.165) is 12.4 Å². The van der Waals surface area contributed by atoms with Crippen LogP contribution in [0.25, 0.3) is 0 Å². The molecule has 1 aromatic heterocycles. The van der Waals surface area contributed by atoms with E-state index in [1.165, 1.54) is 13.0 Å². The maximum absolute atomic E-state index is 4.12. The van der Waals surface area contributed by atoms with Gasteiger partial charge in [-0.2, -0.15) is 5.10 Å². The zero-order chi connectivity index (χ0) is 9.26. The normalized spacial score (nSPS) is 23.7. The van der Waals surface area contributed by atoms with E-state index < -0.39 is 0 Å². The first-order valence-electron chi connectivity index (χ1n) is 4.69. The molecule has 1 fully saturated rings. The van der Waals surface area contributed by atoms with Crippen LogP contribution < -0.4 is 5.32 Å². The Kier molecular flexibility index (Phi) is 2.22. The fraction of sp³-hybridized carbons (Fsp3) is 0.667. The predicted molar refractivity (Wildman–Crippen MR) is 52.7 cm³/mol. The Morgan fingerprint density at radius 2 is 2.38 bits per heavy atom. The monoisotopic (exact) mass is 180 g/mol. The molecule has 0 bridgehead atoms. The average Bonchev–Trinajstić information content (AvgIpc) is 2.64. The summed E-state index contributed by atoms with van der Waals surface area (Å²) in [7, 11) is 4.12. The largest absolute Gasteiger partial charge is 0.366 e. The van der Waals surface area contributed by atoms with Crippen LogP contribution in [-0.2, 0) is 7.05 Å². The quantitative estimate of drug-likeness (QED) is 0.721. The first-order valence-corrected chi connectivity index (χ1v) is 4.69. The number of anilines is 1. The lowest BCUT2D eigenvalue weighted by atomic mass is 10.2. The van der Waals surface area contributed by atoms with Crippen molar-refractivity contribution in [2.45, 2.75) is 12.5 Å². The van der Waals surface area contributed by atoms with Crippen molar-refractivity contribution in [3.63, 3.8) is 0 Å². The molecule has 1 atom stereocenters. The molecule has 1 aliphatic heterocycles. The van der Waals surface area contributed by atoms with Crippen LogP contribution in [-0.4, -0.2) is 40.9 Å². The third-order valence-electron chi connectivity index (χ3n) is 2.56. The molecule has 0 aromatic carbocycles. The van der Waals surface area contributed by atoms with E-state index in [-0.39, 0.29) is 0 Å². The van der Waals surface area contributed by atoms with Crippen molar-refractivity contribution >= 4 is 5.82 Å². The van der Waals surface area contributed by atoms with Gasteiger partial charge >= 0.3 is 0 Å². The van der Waals surface area contributed by atoms with Gasteiger partial charge in [-0.15, -0.1) is 0 Å². The molecule has 0 amide bonds. The van der Waals surface area contributed by atoms with E-state index in [2.05, 4.69) is 22.4 Å². The molecule has 0 spiro atoms. The van der Waals surface area contributed by atoms with Gasteiger partial charge in [0.25, 0.3) is 0 Å². The van der Waals surface area contributed by atoms with Gasteiger partial charge in [0.1, 0.15) is 5.82 Å². The molecule has 1 N–H and O–H groups in total. The summed E-state index contributed by atoms with van der Waals surface area (Å²) >= 11 is 0. The van der Waals surface area contributed by atoms with E-state index >= 15 is 0 Å². The summed E-state index contributed by atoms with van der Waals surface area (Å²) in [6.45, 7) is 2.32. The third-order valence-corrected chi connectivity index (χ3v) is 2.56. The highest BCUT2D eigenvalue weighted by Gasteiger charge is 2.19. The van der Waals surface area contributed by atoms with Crippen molar-refractivity contribution in [2.24, 2.45) is 7.05 Å². The van der Waals surface area contributed by atoms with Gasteiger partial charge < -0.3 is 10.2 Å². The van der Waals surface area contributed by atoms with Gasteiger partial charge in [0, 0.05) is 25.7 Å². The molecule has 2 rings (SSSR count). The predicted octanol–water partition coefficient (Wildman–Crippen LogP) is 0.536. The third kappa shape index (κ3) is 1.83. The van der Waals surface area contributed by atoms with Crippen LogP contribution in [0.5, 0.6) is 0 Å². The molecule has 13 heavy (non-hydrogen) atoms. The number of aromatic nitrogens is 2. The van der Waals surface area contributed by atoms with Gasteiger partial charge in [0.05, 0.1) is 6.20 Å². The Labute approximate surface area is 78.5 Å². The van der Waals surface area contributed by atoms with Crippen LogP contribution in [0.15, 0.2) is 12.3 Å². The molecule has 0 aliphatic carbocycles. The summed E-state index contributed by atoms with van der Waals surface area (Å²) in [5.74, 6) is 1.11. The van der Waals surface area contributed by atoms with Gasteiger partial charge in [0.2, 0.25) is 0 Å². The number of hydrogen-bond donors (Lipinski definition) is 1. The maximum Gasteiger partial charge on any atom is 0.124 e. The SMILES string of the molecule is CN1CCC(Nc2ccnn2C)C1. The van der Waals surface area contributed by atoms with Crippen LogP contribution in [0.3, 0.4) is 0 Å². The fourth-order valence-corrected chi connectivity index (χ4v) is 1.78. The molecular formula is C9H16N4. The summed E-state index contributed by atoms with van der Waals surface area (Å²) < 4.78 is 1.87. The first kappa shape index (κ1) is 8.56. The Hall–Kier alpha value is -1.03. The van der Waals surface area contributed by atoms with E-state index in [4.69, 9.17) is 0 Å². The Balaban J connectivity index is 1.95. The average molecular weight is 180 g/mol. The number of nitrogens with one attached hydrogen (secondary N) is 1. The van der Waals surface area contributed by atoms with E-state index in [9.17, 15) is 0 Å². The zero-order valence-corrected chi connectivity index (χ0v) is 8.20. The highest BCUT2D eigenvalue weighted by Crippen LogP contribution is 2.13. The minimum absolute atomic E-state index is 0.584. The van der Waals surface area contributed by atoms with Gasteiger partial charge in [-0.1, -0.05) is 0 Å². The van der Waals surface area contributed by atoms with Crippen molar-refractivity contribution in [3.8, 4) is 0 Å². The lowest BCUT2D eigenvalue weighted by molar-refractivity contribution is 0.414. The van der Waals surface area contributed by atoms with Crippen molar-refractivity contribution in [1.29, 1.82) is 0 Å². The summed E-state index contributed by atoms with van der Waals surface area (Å²) in [5, 5.41) is 7.60. The summed E-state index contributed by atoms with van der Waals surface area (Å²) in [6, 6.07) is 2.60. The number of hydrogen-bond acceptors (Lipinski definition) is 3. The second kappa shape index (κ2) is 3.38. The topological polar surface area (TPSA) is 33.1 Å². The minimum Gasteiger partial charge on any atom is -0.366 e. The second-order valence-corrected chi connectivity index (χ2v) is 3.73. The van der Waals surface area contributed by atoms with Crippen molar-refractivity contribution in [2.75, 3.05) is 25.5 Å². The highest BCUT2D eigenvalue weighted by molar-refractivity contribution is 5.35. The first-order chi connectivity index (χ1) is 6.25. The molecule has 0 saturated carbocycles. The summed E-state index contributed by atoms with van der Waals surface area (Å²) in [5.41, 5.74) is 0. The Morgan fingerprint density at radius 1 is 1.54 bits per heavy atom. The van der Waals surface area contributed by atoms with Crippen LogP contribution in [0, 0.1) is 0 Å². The van der Waals surface area contributed by atoms with Crippen LogP contribution in [0.2, 0.25) is 0 Å². The van der Waals surface area contributed by atoms with Crippen molar-refractivity contribution in [3.05, 3.63) is 12.3 Å². The lowest BCUT2D eigenvalue weighted by Crippen LogP contribution is -2.24. The standard InChI is InChI=1S/C9H16N4/c1-12-6-4-8(7-12)11-9-3-5-10-13(9)2/h3,5,8,11H,4,6-7H2,1-2H3. The molecule has 1 aromatic rings. The van der Waals surface area contributed by atoms with Gasteiger partial charge in [-0.3, -0.25) is 4.68 Å². The van der Waals surface area contributed by atoms with Gasteiger partial charge in [-0.25, -0.2) is 0 Å². The Bertz CT molecular complexity index is 281. The van der Waals surface area contributed by atoms with E-state index in [1.54, 1.807) is 0 Å². The Morgan fingerprint density at radius 3 is 2.92 bits per heavy atom. The molecule has 4 nitrogen and oxygen atoms in total. The molecule has 2 heterocycles. The molecular weight excluding hydrogens is 164 g/mol. The summed E-state index contributed by atoms with van der Waals surface area (Å²) in [4.78, 5) is 2.34. The zero-order valence-electron chi connectivity index (χ0n) is 8.20. The van der Waals surface area contributed by atoms with Crippen LogP contribution in [0.1, 0.15) is 6.42 Å². The van der Waals surface area contributed by atoms with E-state index in [0.29, 0.717) is 6.04 Å². The molecule has 1 aliphatic rings. The number of likely N-dealkylation sites (tertiary alicyclic amines) is 1. The minimum atomic E-state index is 0.584. The maximum atomic E-state index is 4.12. The fourth-order valence-electron chi connectivity index (χ4n) is 1.78. The van der Waals surface area contributed by atoms with E-state index in [1.807, 2.05) is 24.0 Å². The van der Waals surface area contributed by atoms with Crippen molar-refractivity contribution in [1.82, 2.24) is 14.7 Å².